The van der Waals surface area contributed by atoms with Crippen molar-refractivity contribution in [3.8, 4) is 11.5 Å². The second-order valence-electron chi connectivity index (χ2n) is 5.17. The van der Waals surface area contributed by atoms with Crippen molar-refractivity contribution in [2.75, 3.05) is 40.4 Å². The molecule has 1 aliphatic heterocycles. The van der Waals surface area contributed by atoms with Crippen molar-refractivity contribution in [3.05, 3.63) is 23.8 Å². The normalized spacial score (nSPS) is 18.4. The molecule has 0 bridgehead atoms. The smallest absolute Gasteiger partial charge is 0.127 e. The van der Waals surface area contributed by atoms with E-state index < -0.39 is 0 Å². The molecule has 1 fully saturated rings. The zero-order valence-electron chi connectivity index (χ0n) is 12.8. The summed E-state index contributed by atoms with van der Waals surface area (Å²) in [4.78, 5) is 2.56. The number of methoxy groups -OCH3 is 2. The largest absolute Gasteiger partial charge is 0.497 e. The number of nitrogens with one attached hydrogen (secondary N) is 1. The summed E-state index contributed by atoms with van der Waals surface area (Å²) >= 11 is 0. The molecule has 1 aromatic rings. The lowest BCUT2D eigenvalue weighted by molar-refractivity contribution is 0.201. The highest BCUT2D eigenvalue weighted by Crippen LogP contribution is 2.34. The van der Waals surface area contributed by atoms with E-state index in [9.17, 15) is 0 Å². The zero-order valence-corrected chi connectivity index (χ0v) is 12.8. The molecule has 112 valence electrons. The summed E-state index contributed by atoms with van der Waals surface area (Å²) in [5.74, 6) is 1.77. The fraction of sp³-hybridized carbons (Fsp3) is 0.625. The molecule has 0 saturated carbocycles. The van der Waals surface area contributed by atoms with E-state index in [2.05, 4.69) is 23.2 Å². The third-order valence-electron chi connectivity index (χ3n) is 4.00. The number of hydrogen-bond acceptors (Lipinski definition) is 4. The summed E-state index contributed by atoms with van der Waals surface area (Å²) < 4.78 is 10.9. The van der Waals surface area contributed by atoms with E-state index in [4.69, 9.17) is 9.47 Å². The first-order valence-electron chi connectivity index (χ1n) is 7.46. The van der Waals surface area contributed by atoms with Crippen LogP contribution in [0.1, 0.15) is 31.4 Å². The molecule has 1 unspecified atom stereocenters. The van der Waals surface area contributed by atoms with Crippen LogP contribution in [0.2, 0.25) is 0 Å². The second kappa shape index (κ2) is 7.50. The van der Waals surface area contributed by atoms with E-state index in [1.807, 2.05) is 12.1 Å². The van der Waals surface area contributed by atoms with Crippen molar-refractivity contribution in [3.63, 3.8) is 0 Å². The number of nitrogens with zero attached hydrogens (tertiary/aromatic N) is 1. The molecule has 4 heteroatoms. The van der Waals surface area contributed by atoms with Gasteiger partial charge in [-0.1, -0.05) is 13.0 Å². The van der Waals surface area contributed by atoms with Crippen LogP contribution in [0, 0.1) is 0 Å². The van der Waals surface area contributed by atoms with Crippen LogP contribution in [-0.4, -0.2) is 45.3 Å². The monoisotopic (exact) mass is 278 g/mol. The van der Waals surface area contributed by atoms with Crippen LogP contribution in [0.5, 0.6) is 11.5 Å². The lowest BCUT2D eigenvalue weighted by Gasteiger charge is -2.31. The summed E-state index contributed by atoms with van der Waals surface area (Å²) in [5, 5.41) is 3.46. The van der Waals surface area contributed by atoms with Crippen LogP contribution in [0.4, 0.5) is 0 Å². The summed E-state index contributed by atoms with van der Waals surface area (Å²) in [6, 6.07) is 6.56. The molecule has 4 nitrogen and oxygen atoms in total. The number of rotatable bonds is 5. The molecule has 0 spiro atoms. The van der Waals surface area contributed by atoms with Gasteiger partial charge in [-0.25, -0.2) is 0 Å². The Morgan fingerprint density at radius 2 is 2.05 bits per heavy atom. The van der Waals surface area contributed by atoms with Crippen LogP contribution < -0.4 is 14.8 Å². The van der Waals surface area contributed by atoms with Gasteiger partial charge in [0.05, 0.1) is 14.2 Å². The van der Waals surface area contributed by atoms with Crippen molar-refractivity contribution in [1.82, 2.24) is 10.2 Å². The summed E-state index contributed by atoms with van der Waals surface area (Å²) in [7, 11) is 3.42. The molecule has 0 aromatic heterocycles. The topological polar surface area (TPSA) is 33.7 Å². The third kappa shape index (κ3) is 3.44. The van der Waals surface area contributed by atoms with Gasteiger partial charge < -0.3 is 14.8 Å². The Morgan fingerprint density at radius 1 is 1.20 bits per heavy atom. The maximum absolute atomic E-state index is 5.57. The Bertz CT molecular complexity index is 415. The average Bonchev–Trinajstić information content (AvgIpc) is 2.77. The van der Waals surface area contributed by atoms with Crippen molar-refractivity contribution in [1.29, 1.82) is 0 Å². The first kappa shape index (κ1) is 15.1. The molecule has 0 amide bonds. The number of hydrogen-bond donors (Lipinski definition) is 1. The SMILES string of the molecule is CCC(c1ccc(OC)cc1OC)N1CCCNCC1. The molecular formula is C16H26N2O2. The predicted octanol–water partition coefficient (Wildman–Crippen LogP) is 2.45. The Balaban J connectivity index is 2.25. The molecule has 1 saturated heterocycles. The fourth-order valence-corrected chi connectivity index (χ4v) is 2.95. The van der Waals surface area contributed by atoms with E-state index in [1.54, 1.807) is 14.2 Å². The molecule has 1 atom stereocenters. The third-order valence-corrected chi connectivity index (χ3v) is 4.00. The highest BCUT2D eigenvalue weighted by Gasteiger charge is 2.22. The van der Waals surface area contributed by atoms with Gasteiger partial charge >= 0.3 is 0 Å². The summed E-state index contributed by atoms with van der Waals surface area (Å²) in [5.41, 5.74) is 1.26. The van der Waals surface area contributed by atoms with Gasteiger partial charge in [0, 0.05) is 37.3 Å². The van der Waals surface area contributed by atoms with Gasteiger partial charge in [0.15, 0.2) is 0 Å². The standard InChI is InChI=1S/C16H26N2O2/c1-4-15(18-10-5-8-17-9-11-18)14-7-6-13(19-2)12-16(14)20-3/h6-7,12,15,17H,4-5,8-11H2,1-3H3. The first-order chi connectivity index (χ1) is 9.80. The Kier molecular flexibility index (Phi) is 5.68. The molecule has 0 radical (unpaired) electrons. The van der Waals surface area contributed by atoms with Gasteiger partial charge in [0.2, 0.25) is 0 Å². The van der Waals surface area contributed by atoms with Gasteiger partial charge in [-0.05, 0) is 25.5 Å². The fourth-order valence-electron chi connectivity index (χ4n) is 2.95. The summed E-state index contributed by atoms with van der Waals surface area (Å²) in [6.07, 6.45) is 2.29. The van der Waals surface area contributed by atoms with Gasteiger partial charge in [-0.2, -0.15) is 0 Å². The van der Waals surface area contributed by atoms with Gasteiger partial charge in [-0.3, -0.25) is 4.90 Å². The molecule has 0 aliphatic carbocycles. The van der Waals surface area contributed by atoms with E-state index in [-0.39, 0.29) is 0 Å². The van der Waals surface area contributed by atoms with Crippen LogP contribution in [-0.2, 0) is 0 Å². The van der Waals surface area contributed by atoms with Crippen molar-refractivity contribution in [2.24, 2.45) is 0 Å². The maximum atomic E-state index is 5.57. The molecule has 2 rings (SSSR count). The molecule has 1 heterocycles. The van der Waals surface area contributed by atoms with E-state index in [1.165, 1.54) is 12.0 Å². The first-order valence-corrected chi connectivity index (χ1v) is 7.46. The van der Waals surface area contributed by atoms with Crippen molar-refractivity contribution >= 4 is 0 Å². The highest BCUT2D eigenvalue weighted by atomic mass is 16.5. The molecular weight excluding hydrogens is 252 g/mol. The Morgan fingerprint density at radius 3 is 2.75 bits per heavy atom. The van der Waals surface area contributed by atoms with Crippen molar-refractivity contribution < 1.29 is 9.47 Å². The van der Waals surface area contributed by atoms with Crippen LogP contribution >= 0.6 is 0 Å². The lowest BCUT2D eigenvalue weighted by atomic mass is 10.0. The minimum Gasteiger partial charge on any atom is -0.497 e. The number of ether oxygens (including phenoxy) is 2. The zero-order chi connectivity index (χ0) is 14.4. The van der Waals surface area contributed by atoms with Crippen LogP contribution in [0.15, 0.2) is 18.2 Å². The average molecular weight is 278 g/mol. The lowest BCUT2D eigenvalue weighted by Crippen LogP contribution is -2.32. The molecule has 1 aliphatic rings. The van der Waals surface area contributed by atoms with E-state index in [0.717, 1.165) is 44.1 Å². The van der Waals surface area contributed by atoms with E-state index in [0.29, 0.717) is 6.04 Å². The van der Waals surface area contributed by atoms with Gasteiger partial charge in [0.1, 0.15) is 11.5 Å². The molecule has 1 N–H and O–H groups in total. The Hall–Kier alpha value is -1.26. The minimum absolute atomic E-state index is 0.413. The maximum Gasteiger partial charge on any atom is 0.127 e. The quantitative estimate of drug-likeness (QED) is 0.897. The highest BCUT2D eigenvalue weighted by molar-refractivity contribution is 5.42. The molecule has 1 aromatic carbocycles. The minimum atomic E-state index is 0.413. The van der Waals surface area contributed by atoms with Gasteiger partial charge in [-0.15, -0.1) is 0 Å². The van der Waals surface area contributed by atoms with Crippen molar-refractivity contribution in [2.45, 2.75) is 25.8 Å². The van der Waals surface area contributed by atoms with Gasteiger partial charge in [0.25, 0.3) is 0 Å². The second-order valence-corrected chi connectivity index (χ2v) is 5.17. The summed E-state index contributed by atoms with van der Waals surface area (Å²) in [6.45, 7) is 6.66. The molecule has 20 heavy (non-hydrogen) atoms. The van der Waals surface area contributed by atoms with Crippen LogP contribution in [0.3, 0.4) is 0 Å². The van der Waals surface area contributed by atoms with E-state index >= 15 is 0 Å². The van der Waals surface area contributed by atoms with Crippen LogP contribution in [0.25, 0.3) is 0 Å². The Labute approximate surface area is 122 Å². The predicted molar refractivity (Wildman–Crippen MR) is 81.6 cm³/mol. The number of benzene rings is 1.